The summed E-state index contributed by atoms with van der Waals surface area (Å²) in [6, 6.07) is 17.1. The van der Waals surface area contributed by atoms with E-state index in [1.54, 1.807) is 30.1 Å². The number of nitrogens with one attached hydrogen (secondary N) is 2. The molecule has 1 aliphatic rings. The Morgan fingerprint density at radius 1 is 1.16 bits per heavy atom. The molecule has 4 aromatic rings. The van der Waals surface area contributed by atoms with Gasteiger partial charge in [0, 0.05) is 53.3 Å². The van der Waals surface area contributed by atoms with Crippen LogP contribution in [-0.2, 0) is 7.05 Å². The summed E-state index contributed by atoms with van der Waals surface area (Å²) >= 11 is 1.86. The van der Waals surface area contributed by atoms with Gasteiger partial charge in [-0.15, -0.1) is 0 Å². The fraction of sp³-hybridized carbons (Fsp3) is 0.200. The third-order valence-corrected chi connectivity index (χ3v) is 6.82. The lowest BCUT2D eigenvalue weighted by Gasteiger charge is -2.16. The van der Waals surface area contributed by atoms with Crippen molar-refractivity contribution in [2.45, 2.75) is 12.5 Å². The molecular weight excluding hydrogens is 422 g/mol. The molecule has 1 unspecified atom stereocenters. The SMILES string of the molecule is Cn1cc(-c2cc(C(=O)NC3CCSC3)ccc2Oc2ccccc2)c2cc[nH]c2c1=O. The van der Waals surface area contributed by atoms with E-state index in [4.69, 9.17) is 4.74 Å². The Hall–Kier alpha value is -3.45. The molecule has 0 saturated carbocycles. The lowest BCUT2D eigenvalue weighted by atomic mass is 9.99. The van der Waals surface area contributed by atoms with Gasteiger partial charge < -0.3 is 19.6 Å². The predicted molar refractivity (Wildman–Crippen MR) is 129 cm³/mol. The van der Waals surface area contributed by atoms with Crippen molar-refractivity contribution in [2.75, 3.05) is 11.5 Å². The van der Waals surface area contributed by atoms with Crippen molar-refractivity contribution in [1.29, 1.82) is 0 Å². The molecule has 7 heteroatoms. The topological polar surface area (TPSA) is 76.1 Å². The van der Waals surface area contributed by atoms with Crippen LogP contribution in [0.4, 0.5) is 0 Å². The molecule has 6 nitrogen and oxygen atoms in total. The zero-order valence-corrected chi connectivity index (χ0v) is 18.4. The number of amides is 1. The molecule has 2 aromatic heterocycles. The molecule has 2 N–H and O–H groups in total. The van der Waals surface area contributed by atoms with Gasteiger partial charge in [-0.1, -0.05) is 18.2 Å². The van der Waals surface area contributed by atoms with E-state index < -0.39 is 0 Å². The number of nitrogens with zero attached hydrogens (tertiary/aromatic N) is 1. The smallest absolute Gasteiger partial charge is 0.274 e. The highest BCUT2D eigenvalue weighted by molar-refractivity contribution is 7.99. The molecule has 3 heterocycles. The number of carbonyl (C=O) groups excluding carboxylic acids is 1. The Morgan fingerprint density at radius 2 is 2.00 bits per heavy atom. The lowest BCUT2D eigenvalue weighted by Crippen LogP contribution is -2.34. The molecule has 1 amide bonds. The number of rotatable bonds is 5. The van der Waals surface area contributed by atoms with Gasteiger partial charge in [-0.25, -0.2) is 0 Å². The van der Waals surface area contributed by atoms with Crippen molar-refractivity contribution in [1.82, 2.24) is 14.9 Å². The summed E-state index contributed by atoms with van der Waals surface area (Å²) in [5, 5.41) is 3.92. The first-order valence-corrected chi connectivity index (χ1v) is 11.7. The van der Waals surface area contributed by atoms with Crippen molar-refractivity contribution in [3.8, 4) is 22.6 Å². The number of aryl methyl sites for hydroxylation is 1. The van der Waals surface area contributed by atoms with E-state index >= 15 is 0 Å². The third kappa shape index (κ3) is 3.91. The van der Waals surface area contributed by atoms with Crippen LogP contribution in [0.5, 0.6) is 11.5 Å². The van der Waals surface area contributed by atoms with E-state index in [0.29, 0.717) is 22.6 Å². The van der Waals surface area contributed by atoms with Crippen molar-refractivity contribution in [3.05, 3.63) is 82.9 Å². The van der Waals surface area contributed by atoms with Gasteiger partial charge in [0.05, 0.1) is 0 Å². The first-order valence-electron chi connectivity index (χ1n) is 10.5. The van der Waals surface area contributed by atoms with Gasteiger partial charge >= 0.3 is 0 Å². The van der Waals surface area contributed by atoms with Crippen LogP contribution in [0, 0.1) is 0 Å². The van der Waals surface area contributed by atoms with Crippen molar-refractivity contribution in [3.63, 3.8) is 0 Å². The van der Waals surface area contributed by atoms with Crippen molar-refractivity contribution >= 4 is 28.6 Å². The molecule has 1 atom stereocenters. The van der Waals surface area contributed by atoms with Crippen molar-refractivity contribution in [2.24, 2.45) is 7.05 Å². The Balaban J connectivity index is 1.62. The average molecular weight is 446 g/mol. The quantitative estimate of drug-likeness (QED) is 0.472. The largest absolute Gasteiger partial charge is 0.457 e. The average Bonchev–Trinajstić information content (AvgIpc) is 3.50. The first-order chi connectivity index (χ1) is 15.6. The highest BCUT2D eigenvalue weighted by Gasteiger charge is 2.21. The second-order valence-electron chi connectivity index (χ2n) is 7.89. The maximum absolute atomic E-state index is 13.0. The maximum atomic E-state index is 13.0. The van der Waals surface area contributed by atoms with Crippen LogP contribution in [0.25, 0.3) is 22.0 Å². The van der Waals surface area contributed by atoms with E-state index in [1.165, 1.54) is 0 Å². The first kappa shape index (κ1) is 20.5. The minimum absolute atomic E-state index is 0.0971. The number of carbonyl (C=O) groups is 1. The van der Waals surface area contributed by atoms with Gasteiger partial charge in [0.1, 0.15) is 17.0 Å². The Labute approximate surface area is 189 Å². The van der Waals surface area contributed by atoms with Crippen molar-refractivity contribution < 1.29 is 9.53 Å². The normalized spacial score (nSPS) is 15.7. The summed E-state index contributed by atoms with van der Waals surface area (Å²) < 4.78 is 7.74. The Bertz CT molecular complexity index is 1340. The Morgan fingerprint density at radius 3 is 2.78 bits per heavy atom. The van der Waals surface area contributed by atoms with Gasteiger partial charge in [-0.2, -0.15) is 11.8 Å². The van der Waals surface area contributed by atoms with Gasteiger partial charge in [-0.3, -0.25) is 9.59 Å². The van der Waals surface area contributed by atoms with Crippen LogP contribution in [0.2, 0.25) is 0 Å². The minimum atomic E-state index is -0.105. The number of hydrogen-bond acceptors (Lipinski definition) is 4. The second kappa shape index (κ2) is 8.59. The number of pyridine rings is 1. The summed E-state index contributed by atoms with van der Waals surface area (Å²) in [4.78, 5) is 28.6. The molecule has 162 valence electrons. The zero-order valence-electron chi connectivity index (χ0n) is 17.6. The fourth-order valence-electron chi connectivity index (χ4n) is 3.99. The van der Waals surface area contributed by atoms with E-state index in [9.17, 15) is 9.59 Å². The van der Waals surface area contributed by atoms with E-state index in [-0.39, 0.29) is 17.5 Å². The number of thioether (sulfide) groups is 1. The van der Waals surface area contributed by atoms with Gasteiger partial charge in [-0.05, 0) is 48.6 Å². The van der Waals surface area contributed by atoms with E-state index in [0.717, 1.165) is 34.4 Å². The monoisotopic (exact) mass is 445 g/mol. The van der Waals surface area contributed by atoms with Crippen LogP contribution in [-0.4, -0.2) is 33.0 Å². The number of aromatic amines is 1. The molecule has 1 saturated heterocycles. The molecule has 0 aliphatic carbocycles. The van der Waals surface area contributed by atoms with Gasteiger partial charge in [0.15, 0.2) is 0 Å². The molecule has 0 radical (unpaired) electrons. The number of para-hydroxylation sites is 1. The fourth-order valence-corrected chi connectivity index (χ4v) is 5.14. The zero-order chi connectivity index (χ0) is 22.1. The van der Waals surface area contributed by atoms with Crippen LogP contribution >= 0.6 is 11.8 Å². The number of aromatic nitrogens is 2. The molecule has 32 heavy (non-hydrogen) atoms. The summed E-state index contributed by atoms with van der Waals surface area (Å²) in [6.07, 6.45) is 4.53. The number of benzene rings is 2. The summed E-state index contributed by atoms with van der Waals surface area (Å²) in [6.45, 7) is 0. The highest BCUT2D eigenvalue weighted by atomic mass is 32.2. The van der Waals surface area contributed by atoms with Crippen LogP contribution < -0.4 is 15.6 Å². The van der Waals surface area contributed by atoms with E-state index in [1.807, 2.05) is 60.3 Å². The Kier molecular flexibility index (Phi) is 5.49. The number of H-pyrrole nitrogens is 1. The van der Waals surface area contributed by atoms with Crippen LogP contribution in [0.3, 0.4) is 0 Å². The molecule has 5 rings (SSSR count). The van der Waals surface area contributed by atoms with E-state index in [2.05, 4.69) is 10.3 Å². The third-order valence-electron chi connectivity index (χ3n) is 5.66. The molecule has 2 aromatic carbocycles. The number of hydrogen-bond donors (Lipinski definition) is 2. The summed E-state index contributed by atoms with van der Waals surface area (Å²) in [7, 11) is 1.72. The standard InChI is InChI=1S/C25H23N3O3S/c1-28-14-21(19-9-11-26-23(19)25(28)30)20-13-16(24(29)27-17-10-12-32-15-17)7-8-22(20)31-18-5-3-2-4-6-18/h2-9,11,13-14,17,26H,10,12,15H2,1H3,(H,27,29). The minimum Gasteiger partial charge on any atom is -0.457 e. The summed E-state index contributed by atoms with van der Waals surface area (Å²) in [5.41, 5.74) is 2.55. The molecule has 1 aliphatic heterocycles. The van der Waals surface area contributed by atoms with Gasteiger partial charge in [0.2, 0.25) is 0 Å². The number of ether oxygens (including phenoxy) is 1. The molecule has 0 bridgehead atoms. The van der Waals surface area contributed by atoms with Crippen LogP contribution in [0.1, 0.15) is 16.8 Å². The molecular formula is C25H23N3O3S. The second-order valence-corrected chi connectivity index (χ2v) is 9.04. The predicted octanol–water partition coefficient (Wildman–Crippen LogP) is 4.56. The van der Waals surface area contributed by atoms with Gasteiger partial charge in [0.25, 0.3) is 11.5 Å². The number of fused-ring (bicyclic) bond motifs is 1. The van der Waals surface area contributed by atoms with Crippen LogP contribution in [0.15, 0.2) is 71.8 Å². The molecule has 1 fully saturated rings. The highest BCUT2D eigenvalue weighted by Crippen LogP contribution is 2.37. The summed E-state index contributed by atoms with van der Waals surface area (Å²) in [5.74, 6) is 3.23. The lowest BCUT2D eigenvalue weighted by molar-refractivity contribution is 0.0941. The maximum Gasteiger partial charge on any atom is 0.274 e. The molecule has 0 spiro atoms.